The standard InChI is InChI=1S/C18H35NO4/c1-4-5-6-7-8-9-10-11-15-17(19-12-16(20)21)18(22-3)14(2)13-23-15/h14-15,17-19H,4-13H2,1-3H3,(H,20,21)/t14-,15-,17+,18-/m0/s1. The quantitative estimate of drug-likeness (QED) is 0.538. The fraction of sp³-hybridized carbons (Fsp3) is 0.944. The van der Waals surface area contributed by atoms with Gasteiger partial charge in [0.05, 0.1) is 31.4 Å². The van der Waals surface area contributed by atoms with Crippen LogP contribution in [0.1, 0.15) is 65.2 Å². The van der Waals surface area contributed by atoms with E-state index in [1.807, 2.05) is 0 Å². The number of carbonyl (C=O) groups is 1. The molecule has 5 nitrogen and oxygen atoms in total. The first-order valence-electron chi connectivity index (χ1n) is 9.19. The van der Waals surface area contributed by atoms with Crippen molar-refractivity contribution < 1.29 is 19.4 Å². The second kappa shape index (κ2) is 11.8. The summed E-state index contributed by atoms with van der Waals surface area (Å²) in [5.41, 5.74) is 0. The minimum absolute atomic E-state index is 0.0117. The van der Waals surface area contributed by atoms with E-state index in [0.29, 0.717) is 6.61 Å². The van der Waals surface area contributed by atoms with Crippen molar-refractivity contribution in [1.29, 1.82) is 0 Å². The summed E-state index contributed by atoms with van der Waals surface area (Å²) in [5, 5.41) is 12.0. The van der Waals surface area contributed by atoms with E-state index in [1.54, 1.807) is 7.11 Å². The van der Waals surface area contributed by atoms with E-state index in [1.165, 1.54) is 38.5 Å². The van der Waals surface area contributed by atoms with Crippen molar-refractivity contribution in [2.45, 2.75) is 83.5 Å². The molecule has 1 fully saturated rings. The van der Waals surface area contributed by atoms with Crippen LogP contribution in [0.3, 0.4) is 0 Å². The monoisotopic (exact) mass is 329 g/mol. The maximum absolute atomic E-state index is 10.9. The van der Waals surface area contributed by atoms with Crippen LogP contribution >= 0.6 is 0 Å². The van der Waals surface area contributed by atoms with Crippen LogP contribution in [0.4, 0.5) is 0 Å². The number of rotatable bonds is 12. The molecule has 1 rings (SSSR count). The van der Waals surface area contributed by atoms with Crippen LogP contribution in [0, 0.1) is 5.92 Å². The van der Waals surface area contributed by atoms with Crippen LogP contribution < -0.4 is 5.32 Å². The summed E-state index contributed by atoms with van der Waals surface area (Å²) in [7, 11) is 1.70. The van der Waals surface area contributed by atoms with Gasteiger partial charge in [0, 0.05) is 13.0 Å². The lowest BCUT2D eigenvalue weighted by atomic mass is 9.88. The Hall–Kier alpha value is -0.650. The van der Waals surface area contributed by atoms with Gasteiger partial charge in [-0.2, -0.15) is 0 Å². The summed E-state index contributed by atoms with van der Waals surface area (Å²) < 4.78 is 11.6. The third kappa shape index (κ3) is 7.64. The van der Waals surface area contributed by atoms with E-state index in [4.69, 9.17) is 14.6 Å². The largest absolute Gasteiger partial charge is 0.480 e. The van der Waals surface area contributed by atoms with Gasteiger partial charge in [-0.05, 0) is 6.42 Å². The van der Waals surface area contributed by atoms with E-state index in [-0.39, 0.29) is 30.7 Å². The Morgan fingerprint density at radius 2 is 1.87 bits per heavy atom. The van der Waals surface area contributed by atoms with E-state index < -0.39 is 5.97 Å². The first kappa shape index (κ1) is 20.4. The molecule has 0 bridgehead atoms. The molecule has 0 aliphatic carbocycles. The molecular weight excluding hydrogens is 294 g/mol. The van der Waals surface area contributed by atoms with Crippen LogP contribution in [-0.4, -0.2) is 49.6 Å². The molecule has 0 spiro atoms. The summed E-state index contributed by atoms with van der Waals surface area (Å²) in [4.78, 5) is 10.9. The molecule has 23 heavy (non-hydrogen) atoms. The summed E-state index contributed by atoms with van der Waals surface area (Å²) in [6, 6.07) is -0.0417. The predicted octanol–water partition coefficient (Wildman–Crippen LogP) is 3.22. The van der Waals surface area contributed by atoms with Gasteiger partial charge in [-0.1, -0.05) is 58.8 Å². The highest BCUT2D eigenvalue weighted by Crippen LogP contribution is 2.26. The van der Waals surface area contributed by atoms with Gasteiger partial charge in [0.15, 0.2) is 0 Å². The fourth-order valence-electron chi connectivity index (χ4n) is 3.44. The van der Waals surface area contributed by atoms with Crippen molar-refractivity contribution in [1.82, 2.24) is 5.32 Å². The molecule has 0 unspecified atom stereocenters. The second-order valence-corrected chi connectivity index (χ2v) is 6.76. The van der Waals surface area contributed by atoms with E-state index >= 15 is 0 Å². The van der Waals surface area contributed by atoms with Gasteiger partial charge in [0.25, 0.3) is 0 Å². The highest BCUT2D eigenvalue weighted by atomic mass is 16.5. The third-order valence-electron chi connectivity index (χ3n) is 4.74. The Labute approximate surface area is 141 Å². The van der Waals surface area contributed by atoms with Gasteiger partial charge < -0.3 is 14.6 Å². The lowest BCUT2D eigenvalue weighted by Crippen LogP contribution is -2.58. The summed E-state index contributed by atoms with van der Waals surface area (Å²) >= 11 is 0. The van der Waals surface area contributed by atoms with Gasteiger partial charge in [0.2, 0.25) is 0 Å². The molecule has 0 aromatic heterocycles. The molecule has 136 valence electrons. The molecule has 1 aliphatic rings. The number of aliphatic carboxylic acids is 1. The third-order valence-corrected chi connectivity index (χ3v) is 4.74. The van der Waals surface area contributed by atoms with Crippen molar-refractivity contribution in [2.75, 3.05) is 20.3 Å². The zero-order valence-corrected chi connectivity index (χ0v) is 15.1. The van der Waals surface area contributed by atoms with E-state index in [9.17, 15) is 4.79 Å². The van der Waals surface area contributed by atoms with Gasteiger partial charge in [-0.3, -0.25) is 10.1 Å². The van der Waals surface area contributed by atoms with Crippen molar-refractivity contribution in [3.63, 3.8) is 0 Å². The number of hydrogen-bond donors (Lipinski definition) is 2. The van der Waals surface area contributed by atoms with E-state index in [0.717, 1.165) is 12.8 Å². The van der Waals surface area contributed by atoms with Crippen molar-refractivity contribution in [3.05, 3.63) is 0 Å². The Morgan fingerprint density at radius 1 is 1.22 bits per heavy atom. The van der Waals surface area contributed by atoms with Gasteiger partial charge >= 0.3 is 5.97 Å². The summed E-state index contributed by atoms with van der Waals surface area (Å²) in [6.07, 6.45) is 9.94. The maximum atomic E-state index is 10.9. The topological polar surface area (TPSA) is 67.8 Å². The normalized spacial score (nSPS) is 28.0. The molecule has 0 aromatic carbocycles. The van der Waals surface area contributed by atoms with Gasteiger partial charge in [-0.15, -0.1) is 0 Å². The molecule has 1 aliphatic heterocycles. The second-order valence-electron chi connectivity index (χ2n) is 6.76. The Morgan fingerprint density at radius 3 is 2.48 bits per heavy atom. The van der Waals surface area contributed by atoms with Crippen molar-refractivity contribution >= 4 is 5.97 Å². The smallest absolute Gasteiger partial charge is 0.317 e. The number of carboxylic acids is 1. The Balaban J connectivity index is 2.38. The predicted molar refractivity (Wildman–Crippen MR) is 91.7 cm³/mol. The van der Waals surface area contributed by atoms with Crippen molar-refractivity contribution in [3.8, 4) is 0 Å². The summed E-state index contributed by atoms with van der Waals surface area (Å²) in [6.45, 7) is 4.96. The molecule has 2 N–H and O–H groups in total. The molecule has 5 heteroatoms. The lowest BCUT2D eigenvalue weighted by Gasteiger charge is -2.41. The van der Waals surface area contributed by atoms with E-state index in [2.05, 4.69) is 19.2 Å². The molecular formula is C18H35NO4. The molecule has 0 amide bonds. The number of carboxylic acid groups (broad SMARTS) is 1. The molecule has 1 heterocycles. The van der Waals surface area contributed by atoms with Crippen LogP contribution in [0.25, 0.3) is 0 Å². The number of nitrogens with one attached hydrogen (secondary N) is 1. The highest BCUT2D eigenvalue weighted by molar-refractivity contribution is 5.69. The highest BCUT2D eigenvalue weighted by Gasteiger charge is 2.38. The van der Waals surface area contributed by atoms with Crippen LogP contribution in [0.5, 0.6) is 0 Å². The maximum Gasteiger partial charge on any atom is 0.317 e. The number of ether oxygens (including phenoxy) is 2. The molecule has 0 saturated carbocycles. The number of methoxy groups -OCH3 is 1. The number of unbranched alkanes of at least 4 members (excludes halogenated alkanes) is 6. The van der Waals surface area contributed by atoms with Gasteiger partial charge in [0.1, 0.15) is 0 Å². The Kier molecular flexibility index (Phi) is 10.5. The summed E-state index contributed by atoms with van der Waals surface area (Å²) in [5.74, 6) is -0.565. The minimum Gasteiger partial charge on any atom is -0.480 e. The van der Waals surface area contributed by atoms with Gasteiger partial charge in [-0.25, -0.2) is 0 Å². The minimum atomic E-state index is -0.840. The number of hydrogen-bond acceptors (Lipinski definition) is 4. The van der Waals surface area contributed by atoms with Crippen LogP contribution in [-0.2, 0) is 14.3 Å². The zero-order chi connectivity index (χ0) is 17.1. The first-order chi connectivity index (χ1) is 11.1. The van der Waals surface area contributed by atoms with Crippen molar-refractivity contribution in [2.24, 2.45) is 5.92 Å². The van der Waals surface area contributed by atoms with Crippen LogP contribution in [0.15, 0.2) is 0 Å². The van der Waals surface area contributed by atoms with Crippen LogP contribution in [0.2, 0.25) is 0 Å². The lowest BCUT2D eigenvalue weighted by molar-refractivity contribution is -0.139. The Bertz CT molecular complexity index is 324. The molecule has 1 saturated heterocycles. The molecule has 0 radical (unpaired) electrons. The first-order valence-corrected chi connectivity index (χ1v) is 9.19. The molecule has 0 aromatic rings. The fourth-order valence-corrected chi connectivity index (χ4v) is 3.44. The average Bonchev–Trinajstić information content (AvgIpc) is 2.53. The zero-order valence-electron chi connectivity index (χ0n) is 15.1. The average molecular weight is 329 g/mol. The molecule has 4 atom stereocenters. The SMILES string of the molecule is CCCCCCCCC[C@@H]1OC[C@H](C)[C@H](OC)[C@@H]1NCC(=O)O.